The van der Waals surface area contributed by atoms with Gasteiger partial charge in [-0.2, -0.15) is 0 Å². The molecular formula is C18H21FN2O4. The molecule has 1 heterocycles. The molecule has 2 atom stereocenters. The number of carboxylic acids is 1. The number of hydrogen-bond donors (Lipinski definition) is 2. The van der Waals surface area contributed by atoms with E-state index in [0.29, 0.717) is 11.3 Å². The van der Waals surface area contributed by atoms with Crippen molar-refractivity contribution in [3.8, 4) is 0 Å². The standard InChI is InChI=1S/C18H21FN2O4/c1-10(17-11(2)21-25-12(17)3)8-16(22)20-9-15(18(23)24)13-4-6-14(19)7-5-13/h4-7,10,15H,8-9H2,1-3H3,(H,20,22)(H,23,24). The fraction of sp³-hybridized carbons (Fsp3) is 0.389. The molecule has 0 aliphatic rings. The lowest BCUT2D eigenvalue weighted by atomic mass is 9.95. The molecule has 2 aromatic rings. The van der Waals surface area contributed by atoms with Crippen molar-refractivity contribution in [2.45, 2.75) is 39.0 Å². The third kappa shape index (κ3) is 4.65. The van der Waals surface area contributed by atoms with Gasteiger partial charge >= 0.3 is 5.97 Å². The SMILES string of the molecule is Cc1noc(C)c1C(C)CC(=O)NCC(C(=O)O)c1ccc(F)cc1. The Balaban J connectivity index is 1.97. The molecule has 0 saturated carbocycles. The van der Waals surface area contributed by atoms with Crippen LogP contribution >= 0.6 is 0 Å². The van der Waals surface area contributed by atoms with Crippen LogP contribution in [0.25, 0.3) is 0 Å². The molecule has 0 aliphatic carbocycles. The Hall–Kier alpha value is -2.70. The molecule has 0 bridgehead atoms. The molecule has 1 aromatic heterocycles. The molecule has 0 fully saturated rings. The predicted octanol–water partition coefficient (Wildman–Crippen LogP) is 2.91. The Morgan fingerprint density at radius 2 is 1.92 bits per heavy atom. The number of carboxylic acid groups (broad SMARTS) is 1. The van der Waals surface area contributed by atoms with Gasteiger partial charge in [0.25, 0.3) is 0 Å². The van der Waals surface area contributed by atoms with Crippen molar-refractivity contribution in [2.24, 2.45) is 0 Å². The molecule has 2 N–H and O–H groups in total. The number of carbonyl (C=O) groups excluding carboxylic acids is 1. The summed E-state index contributed by atoms with van der Waals surface area (Å²) in [7, 11) is 0. The molecule has 1 amide bonds. The third-order valence-electron chi connectivity index (χ3n) is 4.15. The summed E-state index contributed by atoms with van der Waals surface area (Å²) in [6.45, 7) is 5.43. The van der Waals surface area contributed by atoms with Gasteiger partial charge in [-0.15, -0.1) is 0 Å². The largest absolute Gasteiger partial charge is 0.481 e. The highest BCUT2D eigenvalue weighted by molar-refractivity contribution is 5.80. The number of halogens is 1. The second kappa shape index (κ2) is 7.92. The minimum absolute atomic E-state index is 0.0614. The zero-order chi connectivity index (χ0) is 18.6. The number of benzene rings is 1. The number of hydrogen-bond acceptors (Lipinski definition) is 4. The van der Waals surface area contributed by atoms with Gasteiger partial charge in [0.05, 0.1) is 11.6 Å². The van der Waals surface area contributed by atoms with E-state index in [1.807, 2.05) is 13.8 Å². The predicted molar refractivity (Wildman–Crippen MR) is 88.8 cm³/mol. The van der Waals surface area contributed by atoms with Crippen molar-refractivity contribution in [3.05, 3.63) is 52.7 Å². The zero-order valence-corrected chi connectivity index (χ0v) is 14.4. The van der Waals surface area contributed by atoms with Crippen LogP contribution in [0.3, 0.4) is 0 Å². The van der Waals surface area contributed by atoms with Crippen molar-refractivity contribution in [2.75, 3.05) is 6.54 Å². The Labute approximate surface area is 145 Å². The Morgan fingerprint density at radius 1 is 1.28 bits per heavy atom. The van der Waals surface area contributed by atoms with Crippen LogP contribution in [0.4, 0.5) is 4.39 Å². The zero-order valence-electron chi connectivity index (χ0n) is 14.4. The summed E-state index contributed by atoms with van der Waals surface area (Å²) in [6, 6.07) is 5.22. The number of amides is 1. The summed E-state index contributed by atoms with van der Waals surface area (Å²) >= 11 is 0. The van der Waals surface area contributed by atoms with Gasteiger partial charge in [0, 0.05) is 18.5 Å². The first-order chi connectivity index (χ1) is 11.8. The van der Waals surface area contributed by atoms with Gasteiger partial charge in [0.15, 0.2) is 0 Å². The quantitative estimate of drug-likeness (QED) is 0.802. The molecule has 7 heteroatoms. The number of aromatic nitrogens is 1. The van der Waals surface area contributed by atoms with Gasteiger partial charge in [-0.1, -0.05) is 24.2 Å². The van der Waals surface area contributed by atoms with Crippen LogP contribution in [0.2, 0.25) is 0 Å². The molecule has 0 spiro atoms. The summed E-state index contributed by atoms with van der Waals surface area (Å²) in [5.74, 6) is -2.14. The second-order valence-corrected chi connectivity index (χ2v) is 6.09. The number of nitrogens with one attached hydrogen (secondary N) is 1. The topological polar surface area (TPSA) is 92.4 Å². The van der Waals surface area contributed by atoms with Gasteiger partial charge in [0.1, 0.15) is 11.6 Å². The lowest BCUT2D eigenvalue weighted by Gasteiger charge is -2.15. The van der Waals surface area contributed by atoms with E-state index in [4.69, 9.17) is 4.52 Å². The van der Waals surface area contributed by atoms with E-state index in [0.717, 1.165) is 11.3 Å². The van der Waals surface area contributed by atoms with Gasteiger partial charge < -0.3 is 14.9 Å². The normalized spacial score (nSPS) is 13.3. The molecule has 2 unspecified atom stereocenters. The van der Waals surface area contributed by atoms with Crippen LogP contribution in [-0.4, -0.2) is 28.7 Å². The first-order valence-corrected chi connectivity index (χ1v) is 7.97. The van der Waals surface area contributed by atoms with E-state index in [9.17, 15) is 19.1 Å². The molecule has 1 aromatic carbocycles. The van der Waals surface area contributed by atoms with E-state index in [1.165, 1.54) is 24.3 Å². The lowest BCUT2D eigenvalue weighted by Crippen LogP contribution is -2.32. The monoisotopic (exact) mass is 348 g/mol. The van der Waals surface area contributed by atoms with E-state index < -0.39 is 17.7 Å². The number of nitrogens with zero attached hydrogens (tertiary/aromatic N) is 1. The Bertz CT molecular complexity index is 735. The van der Waals surface area contributed by atoms with Crippen molar-refractivity contribution in [1.29, 1.82) is 0 Å². The average Bonchev–Trinajstić information content (AvgIpc) is 2.87. The molecule has 2 rings (SSSR count). The van der Waals surface area contributed by atoms with Crippen LogP contribution in [0.15, 0.2) is 28.8 Å². The van der Waals surface area contributed by atoms with Crippen molar-refractivity contribution < 1.29 is 23.6 Å². The highest BCUT2D eigenvalue weighted by Gasteiger charge is 2.23. The maximum Gasteiger partial charge on any atom is 0.312 e. The molecule has 0 radical (unpaired) electrons. The Kier molecular flexibility index (Phi) is 5.90. The van der Waals surface area contributed by atoms with Gasteiger partial charge in [0.2, 0.25) is 5.91 Å². The number of aliphatic carboxylic acids is 1. The lowest BCUT2D eigenvalue weighted by molar-refractivity contribution is -0.138. The van der Waals surface area contributed by atoms with Crippen LogP contribution in [0, 0.1) is 19.7 Å². The molecule has 134 valence electrons. The highest BCUT2D eigenvalue weighted by Crippen LogP contribution is 2.25. The van der Waals surface area contributed by atoms with Crippen LogP contribution in [-0.2, 0) is 9.59 Å². The minimum Gasteiger partial charge on any atom is -0.481 e. The van der Waals surface area contributed by atoms with Gasteiger partial charge in [-0.25, -0.2) is 4.39 Å². The molecule has 6 nitrogen and oxygen atoms in total. The molecule has 0 aliphatic heterocycles. The fourth-order valence-corrected chi connectivity index (χ4v) is 2.90. The summed E-state index contributed by atoms with van der Waals surface area (Å²) in [4.78, 5) is 23.6. The van der Waals surface area contributed by atoms with Crippen molar-refractivity contribution in [3.63, 3.8) is 0 Å². The number of carbonyl (C=O) groups is 2. The second-order valence-electron chi connectivity index (χ2n) is 6.09. The van der Waals surface area contributed by atoms with E-state index in [-0.39, 0.29) is 24.8 Å². The minimum atomic E-state index is -1.08. The first kappa shape index (κ1) is 18.6. The highest BCUT2D eigenvalue weighted by atomic mass is 19.1. The maximum atomic E-state index is 13.0. The summed E-state index contributed by atoms with van der Waals surface area (Å²) in [6.07, 6.45) is 0.193. The smallest absolute Gasteiger partial charge is 0.312 e. The molecule has 25 heavy (non-hydrogen) atoms. The van der Waals surface area contributed by atoms with Crippen LogP contribution in [0.1, 0.15) is 47.8 Å². The average molecular weight is 348 g/mol. The maximum absolute atomic E-state index is 13.0. The van der Waals surface area contributed by atoms with E-state index in [2.05, 4.69) is 10.5 Å². The van der Waals surface area contributed by atoms with Gasteiger partial charge in [-0.3, -0.25) is 9.59 Å². The summed E-state index contributed by atoms with van der Waals surface area (Å²) in [5.41, 5.74) is 2.07. The first-order valence-electron chi connectivity index (χ1n) is 7.97. The summed E-state index contributed by atoms with van der Waals surface area (Å²) in [5, 5.41) is 15.9. The fourth-order valence-electron chi connectivity index (χ4n) is 2.90. The summed E-state index contributed by atoms with van der Waals surface area (Å²) < 4.78 is 18.1. The molecule has 0 saturated heterocycles. The van der Waals surface area contributed by atoms with E-state index in [1.54, 1.807) is 6.92 Å². The number of rotatable bonds is 7. The Morgan fingerprint density at radius 3 is 2.44 bits per heavy atom. The van der Waals surface area contributed by atoms with Crippen LogP contribution < -0.4 is 5.32 Å². The van der Waals surface area contributed by atoms with Gasteiger partial charge in [-0.05, 0) is 37.5 Å². The van der Waals surface area contributed by atoms with Crippen LogP contribution in [0.5, 0.6) is 0 Å². The third-order valence-corrected chi connectivity index (χ3v) is 4.15. The van der Waals surface area contributed by atoms with Crippen molar-refractivity contribution >= 4 is 11.9 Å². The van der Waals surface area contributed by atoms with Crippen molar-refractivity contribution in [1.82, 2.24) is 10.5 Å². The van der Waals surface area contributed by atoms with E-state index >= 15 is 0 Å². The number of aryl methyl sites for hydroxylation is 2. The molecular weight excluding hydrogens is 327 g/mol.